The van der Waals surface area contributed by atoms with Crippen LogP contribution in [0.2, 0.25) is 0 Å². The summed E-state index contributed by atoms with van der Waals surface area (Å²) in [6.45, 7) is 6.51. The number of sulfonamides is 1. The van der Waals surface area contributed by atoms with Crippen LogP contribution in [-0.4, -0.2) is 14.7 Å². The first-order valence-electron chi connectivity index (χ1n) is 5.83. The largest absolute Gasteiger partial charge is 0.284 e. The Balaban J connectivity index is 3.01. The topological polar surface area (TPSA) is 46.2 Å². The van der Waals surface area contributed by atoms with Crippen LogP contribution in [0, 0.1) is 0 Å². The molecule has 0 aromatic heterocycles. The molecule has 0 bridgehead atoms. The van der Waals surface area contributed by atoms with Gasteiger partial charge in [0.1, 0.15) is 0 Å². The maximum absolute atomic E-state index is 11.2. The summed E-state index contributed by atoms with van der Waals surface area (Å²) in [4.78, 5) is 0. The van der Waals surface area contributed by atoms with Crippen molar-refractivity contribution < 1.29 is 8.42 Å². The van der Waals surface area contributed by atoms with Gasteiger partial charge in [-0.05, 0) is 29.5 Å². The lowest BCUT2D eigenvalue weighted by Crippen LogP contribution is -2.17. The monoisotopic (exact) mass is 255 g/mol. The minimum Gasteiger partial charge on any atom is -0.284 e. The summed E-state index contributed by atoms with van der Waals surface area (Å²) in [6, 6.07) is 7.62. The van der Waals surface area contributed by atoms with Gasteiger partial charge in [-0.3, -0.25) is 4.72 Å². The van der Waals surface area contributed by atoms with Crippen molar-refractivity contribution in [1.29, 1.82) is 0 Å². The van der Waals surface area contributed by atoms with Gasteiger partial charge < -0.3 is 0 Å². The fraction of sp³-hybridized carbons (Fsp3) is 0.538. The zero-order chi connectivity index (χ0) is 13.1. The molecule has 0 aliphatic heterocycles. The Morgan fingerprint density at radius 3 is 2.47 bits per heavy atom. The number of nitrogens with one attached hydrogen (secondary N) is 1. The van der Waals surface area contributed by atoms with E-state index in [0.717, 1.165) is 24.7 Å². The predicted octanol–water partition coefficient (Wildman–Crippen LogP) is 3.14. The van der Waals surface area contributed by atoms with Gasteiger partial charge >= 0.3 is 0 Å². The first-order chi connectivity index (χ1) is 7.74. The van der Waals surface area contributed by atoms with Gasteiger partial charge in [-0.1, -0.05) is 39.3 Å². The second-order valence-electron chi connectivity index (χ2n) is 5.09. The van der Waals surface area contributed by atoms with Crippen LogP contribution in [0.5, 0.6) is 0 Å². The molecule has 0 heterocycles. The molecular formula is C13H21NO2S. The smallest absolute Gasteiger partial charge is 0.229 e. The molecule has 0 saturated heterocycles. The van der Waals surface area contributed by atoms with Crippen LogP contribution in [0.4, 0.5) is 5.69 Å². The molecule has 0 radical (unpaired) electrons. The van der Waals surface area contributed by atoms with Gasteiger partial charge in [0.2, 0.25) is 10.0 Å². The van der Waals surface area contributed by atoms with Gasteiger partial charge in [-0.2, -0.15) is 0 Å². The summed E-state index contributed by atoms with van der Waals surface area (Å²) < 4.78 is 24.9. The van der Waals surface area contributed by atoms with E-state index in [2.05, 4.69) is 25.5 Å². The Labute approximate surface area is 104 Å². The highest BCUT2D eigenvalue weighted by Crippen LogP contribution is 2.30. The molecule has 17 heavy (non-hydrogen) atoms. The van der Waals surface area contributed by atoms with Crippen molar-refractivity contribution in [1.82, 2.24) is 0 Å². The van der Waals surface area contributed by atoms with E-state index < -0.39 is 10.0 Å². The number of hydrogen-bond acceptors (Lipinski definition) is 2. The summed E-state index contributed by atoms with van der Waals surface area (Å²) in [5.74, 6) is 0. The molecule has 1 N–H and O–H groups in total. The van der Waals surface area contributed by atoms with Gasteiger partial charge in [0.25, 0.3) is 0 Å². The molecule has 96 valence electrons. The molecule has 0 fully saturated rings. The molecule has 3 nitrogen and oxygen atoms in total. The Morgan fingerprint density at radius 2 is 1.94 bits per heavy atom. The van der Waals surface area contributed by atoms with Crippen LogP contribution >= 0.6 is 0 Å². The average molecular weight is 255 g/mol. The molecule has 0 aliphatic rings. The second kappa shape index (κ2) is 5.08. The van der Waals surface area contributed by atoms with Gasteiger partial charge in [0.05, 0.1) is 6.26 Å². The number of anilines is 1. The number of hydrogen-bond donors (Lipinski definition) is 1. The Hall–Kier alpha value is -1.03. The van der Waals surface area contributed by atoms with Gasteiger partial charge in [-0.25, -0.2) is 8.42 Å². The van der Waals surface area contributed by atoms with Crippen LogP contribution < -0.4 is 4.72 Å². The first-order valence-corrected chi connectivity index (χ1v) is 7.72. The van der Waals surface area contributed by atoms with Crippen LogP contribution in [0.3, 0.4) is 0 Å². The van der Waals surface area contributed by atoms with Crippen LogP contribution in [0.25, 0.3) is 0 Å². The third-order valence-electron chi connectivity index (χ3n) is 2.82. The summed E-state index contributed by atoms with van der Waals surface area (Å²) in [6.07, 6.45) is 3.35. The standard InChI is InChI=1S/C13H21NO2S/c1-5-9-13(2,3)11-7-6-8-12(10-11)14-17(4,15)16/h6-8,10,14H,5,9H2,1-4H3. The number of rotatable bonds is 5. The van der Waals surface area contributed by atoms with E-state index in [1.807, 2.05) is 18.2 Å². The van der Waals surface area contributed by atoms with Crippen LogP contribution in [-0.2, 0) is 15.4 Å². The minimum atomic E-state index is -3.20. The molecule has 1 rings (SSSR count). The lowest BCUT2D eigenvalue weighted by atomic mass is 9.80. The van der Waals surface area contributed by atoms with Gasteiger partial charge in [0.15, 0.2) is 0 Å². The van der Waals surface area contributed by atoms with Crippen LogP contribution in [0.1, 0.15) is 39.2 Å². The molecule has 1 aromatic carbocycles. The normalized spacial score (nSPS) is 12.5. The quantitative estimate of drug-likeness (QED) is 0.878. The lowest BCUT2D eigenvalue weighted by molar-refractivity contribution is 0.473. The van der Waals surface area contributed by atoms with E-state index in [1.54, 1.807) is 6.07 Å². The summed E-state index contributed by atoms with van der Waals surface area (Å²) in [5.41, 5.74) is 1.87. The Morgan fingerprint density at radius 1 is 1.29 bits per heavy atom. The maximum Gasteiger partial charge on any atom is 0.229 e. The Bertz CT molecular complexity index is 478. The summed E-state index contributed by atoms with van der Waals surface area (Å²) in [5, 5.41) is 0. The molecule has 0 aliphatic carbocycles. The zero-order valence-corrected chi connectivity index (χ0v) is 11.8. The van der Waals surface area contributed by atoms with E-state index >= 15 is 0 Å². The SMILES string of the molecule is CCCC(C)(C)c1cccc(NS(C)(=O)=O)c1. The fourth-order valence-corrected chi connectivity index (χ4v) is 2.54. The highest BCUT2D eigenvalue weighted by atomic mass is 32.2. The van der Waals surface area contributed by atoms with E-state index in [-0.39, 0.29) is 5.41 Å². The molecular weight excluding hydrogens is 234 g/mol. The van der Waals surface area contributed by atoms with Gasteiger partial charge in [-0.15, -0.1) is 0 Å². The second-order valence-corrected chi connectivity index (χ2v) is 6.84. The Kier molecular flexibility index (Phi) is 4.20. The van der Waals surface area contributed by atoms with Gasteiger partial charge in [0, 0.05) is 5.69 Å². The summed E-state index contributed by atoms with van der Waals surface area (Å²) in [7, 11) is -3.20. The molecule has 0 atom stereocenters. The van der Waals surface area contributed by atoms with Crippen molar-refractivity contribution in [2.45, 2.75) is 39.0 Å². The van der Waals surface area contributed by atoms with Crippen molar-refractivity contribution in [2.24, 2.45) is 0 Å². The van der Waals surface area contributed by atoms with Crippen molar-refractivity contribution in [3.8, 4) is 0 Å². The maximum atomic E-state index is 11.2. The third kappa shape index (κ3) is 4.38. The van der Waals surface area contributed by atoms with E-state index in [1.165, 1.54) is 0 Å². The van der Waals surface area contributed by atoms with E-state index in [9.17, 15) is 8.42 Å². The first kappa shape index (κ1) is 14.0. The predicted molar refractivity (Wildman–Crippen MR) is 72.8 cm³/mol. The zero-order valence-electron chi connectivity index (χ0n) is 10.9. The average Bonchev–Trinajstić information content (AvgIpc) is 2.15. The third-order valence-corrected chi connectivity index (χ3v) is 3.43. The van der Waals surface area contributed by atoms with Crippen molar-refractivity contribution >= 4 is 15.7 Å². The van der Waals surface area contributed by atoms with E-state index in [0.29, 0.717) is 5.69 Å². The van der Waals surface area contributed by atoms with Crippen molar-refractivity contribution in [3.63, 3.8) is 0 Å². The molecule has 0 saturated carbocycles. The molecule has 0 spiro atoms. The van der Waals surface area contributed by atoms with E-state index in [4.69, 9.17) is 0 Å². The molecule has 0 amide bonds. The van der Waals surface area contributed by atoms with Crippen LogP contribution in [0.15, 0.2) is 24.3 Å². The highest BCUT2D eigenvalue weighted by molar-refractivity contribution is 7.92. The lowest BCUT2D eigenvalue weighted by Gasteiger charge is -2.25. The van der Waals surface area contributed by atoms with Crippen molar-refractivity contribution in [2.75, 3.05) is 11.0 Å². The fourth-order valence-electron chi connectivity index (χ4n) is 1.99. The number of benzene rings is 1. The molecule has 0 unspecified atom stereocenters. The minimum absolute atomic E-state index is 0.0734. The highest BCUT2D eigenvalue weighted by Gasteiger charge is 2.19. The molecule has 1 aromatic rings. The summed E-state index contributed by atoms with van der Waals surface area (Å²) >= 11 is 0. The molecule has 4 heteroatoms. The van der Waals surface area contributed by atoms with Crippen molar-refractivity contribution in [3.05, 3.63) is 29.8 Å².